The average Bonchev–Trinajstić information content (AvgIpc) is 3.66. The lowest BCUT2D eigenvalue weighted by molar-refractivity contribution is -0.146. The average molecular weight is 662 g/mol. The van der Waals surface area contributed by atoms with Crippen LogP contribution in [-0.2, 0) is 19.8 Å². The Balaban J connectivity index is 1.32. The third kappa shape index (κ3) is 6.84. The summed E-state index contributed by atoms with van der Waals surface area (Å²) in [7, 11) is -5.76. The van der Waals surface area contributed by atoms with Crippen LogP contribution in [0.5, 0.6) is 0 Å². The summed E-state index contributed by atoms with van der Waals surface area (Å²) in [6, 6.07) is 13.0. The van der Waals surface area contributed by atoms with E-state index in [1.807, 2.05) is 43.9 Å². The van der Waals surface area contributed by atoms with Crippen molar-refractivity contribution >= 4 is 46.7 Å². The molecule has 3 N–H and O–H groups in total. The molecule has 3 aromatic rings. The SMILES string of the molecule is CC(C)(C)C(NC(=O)c1cc2cc(C(F)(F)P(=O)(O)O)ccc2s1)C(=O)N1CCC[C@H]1C(=O)N1CCC[C@H](c2ccccc2)C1. The first-order valence-corrected chi connectivity index (χ1v) is 17.4. The van der Waals surface area contributed by atoms with Gasteiger partial charge in [-0.15, -0.1) is 11.3 Å². The zero-order chi connectivity index (χ0) is 32.7. The Morgan fingerprint density at radius 1 is 1.00 bits per heavy atom. The van der Waals surface area contributed by atoms with Crippen LogP contribution in [0.25, 0.3) is 10.1 Å². The molecule has 3 amide bonds. The molecule has 0 bridgehead atoms. The van der Waals surface area contributed by atoms with Crippen LogP contribution in [0, 0.1) is 5.41 Å². The van der Waals surface area contributed by atoms with Crippen molar-refractivity contribution in [1.29, 1.82) is 0 Å². The van der Waals surface area contributed by atoms with Crippen LogP contribution in [0.3, 0.4) is 0 Å². The van der Waals surface area contributed by atoms with E-state index in [0.717, 1.165) is 36.3 Å². The monoisotopic (exact) mass is 661 g/mol. The summed E-state index contributed by atoms with van der Waals surface area (Å²) in [5.74, 6) is -0.783. The number of fused-ring (bicyclic) bond motifs is 1. The van der Waals surface area contributed by atoms with Gasteiger partial charge < -0.3 is 24.9 Å². The maximum atomic E-state index is 14.3. The topological polar surface area (TPSA) is 127 Å². The summed E-state index contributed by atoms with van der Waals surface area (Å²) in [5.41, 5.74) is -4.76. The molecular weight excluding hydrogens is 623 g/mol. The highest BCUT2D eigenvalue weighted by molar-refractivity contribution is 7.52. The molecule has 2 fully saturated rings. The minimum Gasteiger partial charge on any atom is -0.340 e. The van der Waals surface area contributed by atoms with Gasteiger partial charge in [0.2, 0.25) is 11.8 Å². The van der Waals surface area contributed by atoms with Gasteiger partial charge in [-0.25, -0.2) is 0 Å². The Bertz CT molecular complexity index is 1640. The number of piperidine rings is 1. The second-order valence-corrected chi connectivity index (χ2v) is 15.7. The smallest absolute Gasteiger partial charge is 0.340 e. The van der Waals surface area contributed by atoms with Crippen molar-refractivity contribution in [3.05, 3.63) is 70.6 Å². The van der Waals surface area contributed by atoms with E-state index in [-0.39, 0.29) is 28.0 Å². The summed E-state index contributed by atoms with van der Waals surface area (Å²) < 4.78 is 40.4. The number of thiophene rings is 1. The quantitative estimate of drug-likeness (QED) is 0.280. The van der Waals surface area contributed by atoms with Gasteiger partial charge in [0.25, 0.3) is 5.91 Å². The number of carbonyl (C=O) groups excluding carboxylic acids is 3. The zero-order valence-corrected chi connectivity index (χ0v) is 27.1. The van der Waals surface area contributed by atoms with E-state index < -0.39 is 42.2 Å². The molecule has 3 atom stereocenters. The molecule has 13 heteroatoms. The molecule has 5 rings (SSSR count). The number of nitrogens with one attached hydrogen (secondary N) is 1. The van der Waals surface area contributed by atoms with Gasteiger partial charge in [0.15, 0.2) is 0 Å². The third-order valence-electron chi connectivity index (χ3n) is 8.67. The van der Waals surface area contributed by atoms with Crippen molar-refractivity contribution in [2.24, 2.45) is 5.41 Å². The van der Waals surface area contributed by atoms with Gasteiger partial charge in [-0.05, 0) is 60.2 Å². The number of amides is 3. The highest BCUT2D eigenvalue weighted by Gasteiger charge is 2.50. The summed E-state index contributed by atoms with van der Waals surface area (Å²) in [6.45, 7) is 7.08. The molecule has 3 heterocycles. The summed E-state index contributed by atoms with van der Waals surface area (Å²) in [4.78, 5) is 63.1. The minimum atomic E-state index is -5.76. The van der Waals surface area contributed by atoms with Gasteiger partial charge >= 0.3 is 13.3 Å². The normalized spacial score (nSPS) is 20.3. The van der Waals surface area contributed by atoms with E-state index in [9.17, 15) is 27.7 Å². The van der Waals surface area contributed by atoms with Crippen LogP contribution >= 0.6 is 18.9 Å². The summed E-state index contributed by atoms with van der Waals surface area (Å²) >= 11 is 1.01. The fourth-order valence-corrected chi connectivity index (χ4v) is 7.62. The molecule has 0 radical (unpaired) electrons. The standard InChI is InChI=1S/C32H38F2N3O6PS/c1-31(2,3)27(35-28(38)26-18-22-17-23(13-14-25(22)45-26)32(33,34)44(41,42)43)30(40)37-16-8-12-24(37)29(39)36-15-7-11-21(19-36)20-9-5-4-6-10-20/h4-6,9-10,13-14,17-18,21,24,27H,7-8,11-12,15-16,19H2,1-3H3,(H,35,38)(H2,41,42,43)/t21-,24-,27?/m0/s1. The fourth-order valence-electron chi connectivity index (χ4n) is 6.20. The molecule has 2 aromatic carbocycles. The second-order valence-electron chi connectivity index (χ2n) is 12.9. The summed E-state index contributed by atoms with van der Waals surface area (Å²) in [6.07, 6.45) is 3.07. The zero-order valence-electron chi connectivity index (χ0n) is 25.4. The largest absolute Gasteiger partial charge is 0.399 e. The second kappa shape index (κ2) is 12.5. The van der Waals surface area contributed by atoms with E-state index in [1.165, 1.54) is 17.7 Å². The Hall–Kier alpha value is -3.18. The number of rotatable bonds is 7. The van der Waals surface area contributed by atoms with Gasteiger partial charge in [0.05, 0.1) is 4.88 Å². The molecule has 2 aliphatic heterocycles. The van der Waals surface area contributed by atoms with Gasteiger partial charge in [-0.1, -0.05) is 57.2 Å². The number of likely N-dealkylation sites (tertiary alicyclic amines) is 2. The third-order valence-corrected chi connectivity index (χ3v) is 10.8. The molecular formula is C32H38F2N3O6PS. The molecule has 2 saturated heterocycles. The molecule has 0 spiro atoms. The van der Waals surface area contributed by atoms with Crippen molar-refractivity contribution < 1.29 is 37.5 Å². The highest BCUT2D eigenvalue weighted by Crippen LogP contribution is 2.59. The van der Waals surface area contributed by atoms with Crippen molar-refractivity contribution in [2.45, 2.75) is 70.1 Å². The molecule has 0 aliphatic carbocycles. The van der Waals surface area contributed by atoms with E-state index in [1.54, 1.807) is 4.90 Å². The Labute approximate surface area is 264 Å². The molecule has 242 valence electrons. The van der Waals surface area contributed by atoms with Gasteiger partial charge in [-0.2, -0.15) is 8.78 Å². The maximum Gasteiger partial charge on any atom is 0.399 e. The number of carbonyl (C=O) groups is 3. The fraction of sp³-hybridized carbons (Fsp3) is 0.469. The number of nitrogens with zero attached hydrogens (tertiary/aromatic N) is 2. The van der Waals surface area contributed by atoms with Crippen LogP contribution in [0.1, 0.15) is 73.2 Å². The van der Waals surface area contributed by atoms with E-state index in [2.05, 4.69) is 17.4 Å². The lowest BCUT2D eigenvalue weighted by atomic mass is 9.85. The van der Waals surface area contributed by atoms with Crippen molar-refractivity contribution in [1.82, 2.24) is 15.1 Å². The van der Waals surface area contributed by atoms with E-state index >= 15 is 0 Å². The highest BCUT2D eigenvalue weighted by atomic mass is 32.1. The molecule has 9 nitrogen and oxygen atoms in total. The summed E-state index contributed by atoms with van der Waals surface area (Å²) in [5, 5.41) is 3.05. The number of alkyl halides is 2. The van der Waals surface area contributed by atoms with Crippen LogP contribution in [-0.4, -0.2) is 69.0 Å². The first-order valence-electron chi connectivity index (χ1n) is 15.0. The Morgan fingerprint density at radius 2 is 1.69 bits per heavy atom. The maximum absolute atomic E-state index is 14.3. The van der Waals surface area contributed by atoms with Crippen molar-refractivity contribution in [2.75, 3.05) is 19.6 Å². The molecule has 1 aromatic heterocycles. The number of hydrogen-bond donors (Lipinski definition) is 3. The molecule has 2 aliphatic rings. The first kappa shape index (κ1) is 33.2. The predicted octanol–water partition coefficient (Wildman–Crippen LogP) is 5.67. The molecule has 0 saturated carbocycles. The van der Waals surface area contributed by atoms with Gasteiger partial charge in [0, 0.05) is 35.8 Å². The minimum absolute atomic E-state index is 0.0760. The first-order chi connectivity index (χ1) is 21.1. The Morgan fingerprint density at radius 3 is 2.36 bits per heavy atom. The number of hydrogen-bond acceptors (Lipinski definition) is 5. The molecule has 45 heavy (non-hydrogen) atoms. The number of benzene rings is 2. The lowest BCUT2D eigenvalue weighted by Crippen LogP contribution is -2.58. The van der Waals surface area contributed by atoms with Crippen LogP contribution in [0.4, 0.5) is 8.78 Å². The van der Waals surface area contributed by atoms with Crippen LogP contribution in [0.15, 0.2) is 54.6 Å². The van der Waals surface area contributed by atoms with Crippen molar-refractivity contribution in [3.63, 3.8) is 0 Å². The molecule has 1 unspecified atom stereocenters. The lowest BCUT2D eigenvalue weighted by Gasteiger charge is -2.38. The van der Waals surface area contributed by atoms with E-state index in [4.69, 9.17) is 9.79 Å². The number of halogens is 2. The van der Waals surface area contributed by atoms with Gasteiger partial charge in [0.1, 0.15) is 12.1 Å². The van der Waals surface area contributed by atoms with Gasteiger partial charge in [-0.3, -0.25) is 18.9 Å². The van der Waals surface area contributed by atoms with Crippen LogP contribution < -0.4 is 5.32 Å². The van der Waals surface area contributed by atoms with Crippen molar-refractivity contribution in [3.8, 4) is 0 Å². The predicted molar refractivity (Wildman–Crippen MR) is 168 cm³/mol. The van der Waals surface area contributed by atoms with E-state index in [0.29, 0.717) is 37.2 Å². The Kier molecular flexibility index (Phi) is 9.26. The van der Waals surface area contributed by atoms with Crippen LogP contribution in [0.2, 0.25) is 0 Å².